The van der Waals surface area contributed by atoms with Crippen LogP contribution in [0.1, 0.15) is 5.56 Å². The molecule has 0 fully saturated rings. The molecule has 0 saturated carbocycles. The molecule has 4 aromatic carbocycles. The van der Waals surface area contributed by atoms with Crippen LogP contribution in [0.25, 0.3) is 10.8 Å². The van der Waals surface area contributed by atoms with Gasteiger partial charge in [0, 0.05) is 12.2 Å². The highest BCUT2D eigenvalue weighted by Gasteiger charge is 2.14. The first-order chi connectivity index (χ1) is 15.9. The Kier molecular flexibility index (Phi) is 6.55. The first-order valence-corrected chi connectivity index (χ1v) is 11.6. The predicted molar refractivity (Wildman–Crippen MR) is 125 cm³/mol. The van der Waals surface area contributed by atoms with Crippen molar-refractivity contribution >= 4 is 32.4 Å². The van der Waals surface area contributed by atoms with E-state index in [1.54, 1.807) is 0 Å². The molecule has 0 heterocycles. The normalized spacial score (nSPS) is 11.2. The number of hydrogen-bond donors (Lipinski definition) is 2. The van der Waals surface area contributed by atoms with Crippen LogP contribution in [0.3, 0.4) is 0 Å². The maximum absolute atomic E-state index is 13.0. The first-order valence-electron chi connectivity index (χ1n) is 10.2. The third kappa shape index (κ3) is 5.67. The fourth-order valence-electron chi connectivity index (χ4n) is 3.29. The molecule has 0 aliphatic rings. The number of halogens is 1. The average Bonchev–Trinajstić information content (AvgIpc) is 2.83. The lowest BCUT2D eigenvalue weighted by Crippen LogP contribution is -2.28. The van der Waals surface area contributed by atoms with Gasteiger partial charge in [-0.1, -0.05) is 42.5 Å². The van der Waals surface area contributed by atoms with Gasteiger partial charge in [-0.25, -0.2) is 12.8 Å². The van der Waals surface area contributed by atoms with Crippen LogP contribution in [0.4, 0.5) is 10.1 Å². The van der Waals surface area contributed by atoms with E-state index in [4.69, 9.17) is 4.74 Å². The molecule has 0 radical (unpaired) electrons. The summed E-state index contributed by atoms with van der Waals surface area (Å²) in [5.41, 5.74) is 1.25. The molecule has 4 aromatic rings. The van der Waals surface area contributed by atoms with Crippen molar-refractivity contribution in [1.82, 2.24) is 5.32 Å². The molecule has 0 spiro atoms. The zero-order valence-corrected chi connectivity index (χ0v) is 18.3. The standard InChI is InChI=1S/C25H21FN2O4S/c26-20-8-10-21(11-9-20)28-33(30,31)23-14-12-22(13-15-23)32-17-25(29)27-16-19-6-3-5-18-4-1-2-7-24(18)19/h1-15,28H,16-17H2,(H,27,29). The minimum Gasteiger partial charge on any atom is -0.484 e. The molecule has 0 unspecified atom stereocenters. The quantitative estimate of drug-likeness (QED) is 0.403. The molecule has 168 valence electrons. The second-order valence-electron chi connectivity index (χ2n) is 7.29. The molecular weight excluding hydrogens is 443 g/mol. The van der Waals surface area contributed by atoms with Crippen LogP contribution in [-0.2, 0) is 21.4 Å². The van der Waals surface area contributed by atoms with E-state index in [1.807, 2.05) is 42.5 Å². The van der Waals surface area contributed by atoms with Gasteiger partial charge in [0.1, 0.15) is 11.6 Å². The van der Waals surface area contributed by atoms with Crippen molar-refractivity contribution in [3.63, 3.8) is 0 Å². The molecule has 33 heavy (non-hydrogen) atoms. The summed E-state index contributed by atoms with van der Waals surface area (Å²) < 4.78 is 45.8. The number of anilines is 1. The second kappa shape index (κ2) is 9.70. The molecule has 0 atom stereocenters. The molecule has 0 aliphatic heterocycles. The van der Waals surface area contributed by atoms with Crippen molar-refractivity contribution in [3.05, 3.63) is 102 Å². The van der Waals surface area contributed by atoms with E-state index in [0.29, 0.717) is 12.3 Å². The van der Waals surface area contributed by atoms with Gasteiger partial charge in [0.2, 0.25) is 0 Å². The number of carbonyl (C=O) groups is 1. The van der Waals surface area contributed by atoms with Crippen molar-refractivity contribution in [3.8, 4) is 5.75 Å². The molecule has 2 N–H and O–H groups in total. The van der Waals surface area contributed by atoms with E-state index >= 15 is 0 Å². The van der Waals surface area contributed by atoms with Gasteiger partial charge in [-0.2, -0.15) is 0 Å². The van der Waals surface area contributed by atoms with Crippen molar-refractivity contribution in [2.24, 2.45) is 0 Å². The largest absolute Gasteiger partial charge is 0.484 e. The van der Waals surface area contributed by atoms with Crippen molar-refractivity contribution in [1.29, 1.82) is 0 Å². The van der Waals surface area contributed by atoms with Crippen molar-refractivity contribution in [2.45, 2.75) is 11.4 Å². The molecule has 0 aromatic heterocycles. The maximum Gasteiger partial charge on any atom is 0.261 e. The van der Waals surface area contributed by atoms with Crippen LogP contribution >= 0.6 is 0 Å². The summed E-state index contributed by atoms with van der Waals surface area (Å²) in [6.07, 6.45) is 0. The molecule has 6 nitrogen and oxygen atoms in total. The van der Waals surface area contributed by atoms with Gasteiger partial charge < -0.3 is 10.1 Å². The Hall–Kier alpha value is -3.91. The van der Waals surface area contributed by atoms with Gasteiger partial charge in [-0.05, 0) is 64.9 Å². The minimum absolute atomic E-state index is 0.0135. The van der Waals surface area contributed by atoms with Crippen LogP contribution in [0.15, 0.2) is 95.9 Å². The molecular formula is C25H21FN2O4S. The SMILES string of the molecule is O=C(COc1ccc(S(=O)(=O)Nc2ccc(F)cc2)cc1)NCc1cccc2ccccc12. The average molecular weight is 465 g/mol. The highest BCUT2D eigenvalue weighted by Crippen LogP contribution is 2.20. The van der Waals surface area contributed by atoms with E-state index in [1.165, 1.54) is 48.5 Å². The number of rotatable bonds is 8. The van der Waals surface area contributed by atoms with Gasteiger partial charge in [0.15, 0.2) is 6.61 Å². The number of hydrogen-bond acceptors (Lipinski definition) is 4. The molecule has 0 saturated heterocycles. The van der Waals surface area contributed by atoms with Crippen LogP contribution in [0, 0.1) is 5.82 Å². The number of benzene rings is 4. The third-order valence-corrected chi connectivity index (χ3v) is 6.35. The van der Waals surface area contributed by atoms with Crippen LogP contribution in [0.5, 0.6) is 5.75 Å². The summed E-state index contributed by atoms with van der Waals surface area (Å²) in [6, 6.07) is 24.5. The number of sulfonamides is 1. The summed E-state index contributed by atoms with van der Waals surface area (Å²) in [6.45, 7) is 0.167. The maximum atomic E-state index is 13.0. The lowest BCUT2D eigenvalue weighted by molar-refractivity contribution is -0.123. The summed E-state index contributed by atoms with van der Waals surface area (Å²) in [7, 11) is -3.84. The van der Waals surface area contributed by atoms with Crippen LogP contribution in [-0.4, -0.2) is 20.9 Å². The van der Waals surface area contributed by atoms with Gasteiger partial charge in [0.25, 0.3) is 15.9 Å². The Morgan fingerprint density at radius 2 is 1.55 bits per heavy atom. The van der Waals surface area contributed by atoms with Gasteiger partial charge >= 0.3 is 0 Å². The van der Waals surface area contributed by atoms with E-state index in [2.05, 4.69) is 10.0 Å². The van der Waals surface area contributed by atoms with Crippen molar-refractivity contribution in [2.75, 3.05) is 11.3 Å². The Bertz CT molecular complexity index is 1370. The topological polar surface area (TPSA) is 84.5 Å². The summed E-state index contributed by atoms with van der Waals surface area (Å²) in [4.78, 5) is 12.2. The Morgan fingerprint density at radius 1 is 0.848 bits per heavy atom. The highest BCUT2D eigenvalue weighted by molar-refractivity contribution is 7.92. The zero-order chi connectivity index (χ0) is 23.3. The minimum atomic E-state index is -3.84. The van der Waals surface area contributed by atoms with E-state index < -0.39 is 15.8 Å². The number of nitrogens with one attached hydrogen (secondary N) is 2. The second-order valence-corrected chi connectivity index (χ2v) is 8.97. The van der Waals surface area contributed by atoms with Gasteiger partial charge in [-0.15, -0.1) is 0 Å². The third-order valence-electron chi connectivity index (χ3n) is 4.96. The zero-order valence-electron chi connectivity index (χ0n) is 17.5. The molecule has 8 heteroatoms. The number of amides is 1. The monoisotopic (exact) mass is 464 g/mol. The van der Waals surface area contributed by atoms with E-state index in [0.717, 1.165) is 16.3 Å². The summed E-state index contributed by atoms with van der Waals surface area (Å²) in [5, 5.41) is 5.01. The lowest BCUT2D eigenvalue weighted by Gasteiger charge is -2.11. The first kappa shape index (κ1) is 22.3. The predicted octanol–water partition coefficient (Wildman–Crippen LogP) is 4.47. The Balaban J connectivity index is 1.31. The van der Waals surface area contributed by atoms with Gasteiger partial charge in [0.05, 0.1) is 4.90 Å². The Morgan fingerprint density at radius 3 is 2.30 bits per heavy atom. The molecule has 1 amide bonds. The lowest BCUT2D eigenvalue weighted by atomic mass is 10.0. The summed E-state index contributed by atoms with van der Waals surface area (Å²) >= 11 is 0. The Labute approximate surface area is 191 Å². The van der Waals surface area contributed by atoms with Crippen molar-refractivity contribution < 1.29 is 22.3 Å². The fourth-order valence-corrected chi connectivity index (χ4v) is 4.35. The smallest absolute Gasteiger partial charge is 0.261 e. The van der Waals surface area contributed by atoms with E-state index in [-0.39, 0.29) is 23.1 Å². The van der Waals surface area contributed by atoms with Crippen LogP contribution in [0.2, 0.25) is 0 Å². The number of carbonyl (C=O) groups excluding carboxylic acids is 1. The van der Waals surface area contributed by atoms with Crippen LogP contribution < -0.4 is 14.8 Å². The molecule has 0 bridgehead atoms. The highest BCUT2D eigenvalue weighted by atomic mass is 32.2. The molecule has 4 rings (SSSR count). The van der Waals surface area contributed by atoms with Gasteiger partial charge in [-0.3, -0.25) is 9.52 Å². The molecule has 0 aliphatic carbocycles. The number of fused-ring (bicyclic) bond motifs is 1. The number of ether oxygens (including phenoxy) is 1. The fraction of sp³-hybridized carbons (Fsp3) is 0.0800. The summed E-state index contributed by atoms with van der Waals surface area (Å²) in [5.74, 6) is -0.394. The van der Waals surface area contributed by atoms with E-state index in [9.17, 15) is 17.6 Å².